The van der Waals surface area contributed by atoms with Crippen LogP contribution in [0.15, 0.2) is 42.5 Å². The van der Waals surface area contributed by atoms with Gasteiger partial charge in [-0.25, -0.2) is 8.78 Å². The van der Waals surface area contributed by atoms with E-state index < -0.39 is 40.6 Å². The average Bonchev–Trinajstić information content (AvgIpc) is 3.39. The van der Waals surface area contributed by atoms with E-state index in [0.717, 1.165) is 36.4 Å². The van der Waals surface area contributed by atoms with Gasteiger partial charge in [-0.15, -0.1) is 0 Å². The van der Waals surface area contributed by atoms with Crippen molar-refractivity contribution in [3.8, 4) is 0 Å². The number of benzene rings is 2. The fraction of sp³-hybridized carbons (Fsp3) is 0.222. The van der Waals surface area contributed by atoms with Crippen LogP contribution in [0.3, 0.4) is 0 Å². The number of alkyl halides is 3. The summed E-state index contributed by atoms with van der Waals surface area (Å²) in [6, 6.07) is 6.36. The van der Waals surface area contributed by atoms with Crippen LogP contribution in [0.1, 0.15) is 18.4 Å². The number of rotatable bonds is 4. The van der Waals surface area contributed by atoms with Crippen molar-refractivity contribution in [2.24, 2.45) is 5.41 Å². The zero-order valence-corrected chi connectivity index (χ0v) is 13.7. The van der Waals surface area contributed by atoms with Crippen molar-refractivity contribution in [1.82, 2.24) is 0 Å². The summed E-state index contributed by atoms with van der Waals surface area (Å²) in [4.78, 5) is 24.8. The van der Waals surface area contributed by atoms with E-state index in [0.29, 0.717) is 6.07 Å². The van der Waals surface area contributed by atoms with Crippen LogP contribution in [-0.2, 0) is 15.8 Å². The quantitative estimate of drug-likeness (QED) is 0.609. The molecule has 0 aliphatic heterocycles. The van der Waals surface area contributed by atoms with E-state index in [1.54, 1.807) is 0 Å². The van der Waals surface area contributed by atoms with Gasteiger partial charge >= 0.3 is 6.18 Å². The molecule has 4 nitrogen and oxygen atoms in total. The molecular formula is C18H13F5N2O2. The standard InChI is InChI=1S/C18H13F5N2O2/c19-11-3-6-14(13(20)9-11)25-16(27)17(7-8-17)15(26)24-12-4-1-10(2-5-12)18(21,22)23/h1-6,9H,7-8H2,(H,24,26)(H,25,27). The first-order chi connectivity index (χ1) is 12.6. The minimum Gasteiger partial charge on any atom is -0.325 e. The van der Waals surface area contributed by atoms with Crippen LogP contribution in [0.5, 0.6) is 0 Å². The Labute approximate surface area is 150 Å². The van der Waals surface area contributed by atoms with Gasteiger partial charge in [-0.3, -0.25) is 9.59 Å². The summed E-state index contributed by atoms with van der Waals surface area (Å²) in [7, 11) is 0. The van der Waals surface area contributed by atoms with E-state index in [9.17, 15) is 31.5 Å². The molecule has 0 bridgehead atoms. The molecule has 0 unspecified atom stereocenters. The number of nitrogens with one attached hydrogen (secondary N) is 2. The highest BCUT2D eigenvalue weighted by molar-refractivity contribution is 6.16. The third kappa shape index (κ3) is 3.91. The molecule has 27 heavy (non-hydrogen) atoms. The van der Waals surface area contributed by atoms with Gasteiger partial charge in [-0.2, -0.15) is 13.2 Å². The van der Waals surface area contributed by atoms with Crippen LogP contribution in [0.25, 0.3) is 0 Å². The highest BCUT2D eigenvalue weighted by Gasteiger charge is 2.56. The Hall–Kier alpha value is -2.97. The summed E-state index contributed by atoms with van der Waals surface area (Å²) in [6.45, 7) is 0. The van der Waals surface area contributed by atoms with Crippen molar-refractivity contribution in [3.63, 3.8) is 0 Å². The molecule has 1 saturated carbocycles. The molecule has 0 heterocycles. The molecule has 1 fully saturated rings. The van der Waals surface area contributed by atoms with Crippen molar-refractivity contribution in [3.05, 3.63) is 59.7 Å². The van der Waals surface area contributed by atoms with Gasteiger partial charge in [0.25, 0.3) is 0 Å². The number of anilines is 2. The van der Waals surface area contributed by atoms with Crippen molar-refractivity contribution in [2.75, 3.05) is 10.6 Å². The summed E-state index contributed by atoms with van der Waals surface area (Å²) in [5.41, 5.74) is -2.48. The summed E-state index contributed by atoms with van der Waals surface area (Å²) in [6.07, 6.45) is -4.10. The average molecular weight is 384 g/mol. The zero-order chi connectivity index (χ0) is 19.8. The maximum absolute atomic E-state index is 13.7. The highest BCUT2D eigenvalue weighted by Crippen LogP contribution is 2.47. The monoisotopic (exact) mass is 384 g/mol. The third-order valence-corrected chi connectivity index (χ3v) is 4.27. The minimum atomic E-state index is -4.50. The molecule has 3 rings (SSSR count). The fourth-order valence-electron chi connectivity index (χ4n) is 2.51. The molecule has 0 atom stereocenters. The largest absolute Gasteiger partial charge is 0.416 e. The molecule has 2 amide bonds. The SMILES string of the molecule is O=C(Nc1ccc(C(F)(F)F)cc1)C1(C(=O)Nc2ccc(F)cc2F)CC1. The van der Waals surface area contributed by atoms with Gasteiger partial charge in [0.2, 0.25) is 11.8 Å². The second kappa shape index (κ2) is 6.64. The first-order valence-electron chi connectivity index (χ1n) is 7.87. The lowest BCUT2D eigenvalue weighted by molar-refractivity contribution is -0.137. The van der Waals surface area contributed by atoms with E-state index in [1.807, 2.05) is 0 Å². The Kier molecular flexibility index (Phi) is 4.63. The van der Waals surface area contributed by atoms with Crippen LogP contribution in [-0.4, -0.2) is 11.8 Å². The lowest BCUT2D eigenvalue weighted by Crippen LogP contribution is -2.35. The summed E-state index contributed by atoms with van der Waals surface area (Å²) < 4.78 is 64.2. The molecule has 1 aliphatic carbocycles. The molecular weight excluding hydrogens is 371 g/mol. The van der Waals surface area contributed by atoms with Crippen molar-refractivity contribution < 1.29 is 31.5 Å². The number of carbonyl (C=O) groups is 2. The summed E-state index contributed by atoms with van der Waals surface area (Å²) in [5.74, 6) is -3.27. The number of carbonyl (C=O) groups excluding carboxylic acids is 2. The third-order valence-electron chi connectivity index (χ3n) is 4.27. The molecule has 2 N–H and O–H groups in total. The van der Waals surface area contributed by atoms with Crippen molar-refractivity contribution in [1.29, 1.82) is 0 Å². The summed E-state index contributed by atoms with van der Waals surface area (Å²) in [5, 5.41) is 4.64. The van der Waals surface area contributed by atoms with Crippen molar-refractivity contribution >= 4 is 23.2 Å². The van der Waals surface area contributed by atoms with E-state index in [4.69, 9.17) is 0 Å². The Morgan fingerprint density at radius 1 is 0.889 bits per heavy atom. The number of amides is 2. The minimum absolute atomic E-state index is 0.0973. The second-order valence-corrected chi connectivity index (χ2v) is 6.19. The Morgan fingerprint density at radius 3 is 2.00 bits per heavy atom. The van der Waals surface area contributed by atoms with Crippen LogP contribution in [0, 0.1) is 17.0 Å². The van der Waals surface area contributed by atoms with Gasteiger partial charge in [0.1, 0.15) is 17.0 Å². The maximum Gasteiger partial charge on any atom is 0.416 e. The molecule has 2 aromatic rings. The predicted molar refractivity (Wildman–Crippen MR) is 86.7 cm³/mol. The fourth-order valence-corrected chi connectivity index (χ4v) is 2.51. The van der Waals surface area contributed by atoms with Gasteiger partial charge in [-0.05, 0) is 49.2 Å². The van der Waals surface area contributed by atoms with E-state index in [-0.39, 0.29) is 24.2 Å². The molecule has 2 aromatic carbocycles. The molecule has 1 aliphatic rings. The van der Waals surface area contributed by atoms with Gasteiger partial charge in [0.05, 0.1) is 11.3 Å². The van der Waals surface area contributed by atoms with E-state index >= 15 is 0 Å². The lowest BCUT2D eigenvalue weighted by Gasteiger charge is -2.16. The van der Waals surface area contributed by atoms with Gasteiger partial charge in [-0.1, -0.05) is 0 Å². The zero-order valence-electron chi connectivity index (χ0n) is 13.7. The van der Waals surface area contributed by atoms with Crippen LogP contribution < -0.4 is 10.6 Å². The number of halogens is 5. The van der Waals surface area contributed by atoms with Crippen molar-refractivity contribution in [2.45, 2.75) is 19.0 Å². The van der Waals surface area contributed by atoms with Gasteiger partial charge in [0, 0.05) is 11.8 Å². The van der Waals surface area contributed by atoms with Crippen LogP contribution in [0.2, 0.25) is 0 Å². The maximum atomic E-state index is 13.7. The number of hydrogen-bond donors (Lipinski definition) is 2. The van der Waals surface area contributed by atoms with Crippen LogP contribution in [0.4, 0.5) is 33.3 Å². The van der Waals surface area contributed by atoms with E-state index in [1.165, 1.54) is 0 Å². The molecule has 0 saturated heterocycles. The van der Waals surface area contributed by atoms with Gasteiger partial charge in [0.15, 0.2) is 0 Å². The molecule has 0 radical (unpaired) electrons. The Balaban J connectivity index is 1.69. The molecule has 0 spiro atoms. The van der Waals surface area contributed by atoms with Gasteiger partial charge < -0.3 is 10.6 Å². The Morgan fingerprint density at radius 2 is 1.48 bits per heavy atom. The van der Waals surface area contributed by atoms with E-state index in [2.05, 4.69) is 10.6 Å². The highest BCUT2D eigenvalue weighted by atomic mass is 19.4. The first kappa shape index (κ1) is 18.8. The molecule has 142 valence electrons. The normalized spacial score (nSPS) is 15.1. The molecule has 0 aromatic heterocycles. The smallest absolute Gasteiger partial charge is 0.325 e. The second-order valence-electron chi connectivity index (χ2n) is 6.19. The predicted octanol–water partition coefficient (Wildman–Crippen LogP) is 4.34. The first-order valence-corrected chi connectivity index (χ1v) is 7.87. The Bertz CT molecular complexity index is 890. The van der Waals surface area contributed by atoms with Crippen LogP contribution >= 0.6 is 0 Å². The summed E-state index contributed by atoms with van der Waals surface area (Å²) >= 11 is 0. The molecule has 9 heteroatoms. The number of hydrogen-bond acceptors (Lipinski definition) is 2. The topological polar surface area (TPSA) is 58.2 Å². The lowest BCUT2D eigenvalue weighted by atomic mass is 10.0.